The normalized spacial score (nSPS) is 10.6. The van der Waals surface area contributed by atoms with E-state index in [0.717, 1.165) is 10.6 Å². The Kier molecular flexibility index (Phi) is 6.15. The van der Waals surface area contributed by atoms with Crippen molar-refractivity contribution in [3.8, 4) is 6.07 Å². The minimum absolute atomic E-state index is 0.143. The first-order valence-corrected chi connectivity index (χ1v) is 9.56. The van der Waals surface area contributed by atoms with Crippen molar-refractivity contribution in [1.82, 2.24) is 0 Å². The second-order valence-electron chi connectivity index (χ2n) is 5.52. The van der Waals surface area contributed by atoms with Crippen molar-refractivity contribution in [1.29, 1.82) is 5.26 Å². The zero-order chi connectivity index (χ0) is 20.0. The van der Waals surface area contributed by atoms with Crippen LogP contribution in [0.15, 0.2) is 48.5 Å². The van der Waals surface area contributed by atoms with Gasteiger partial charge in [0.1, 0.15) is 12.6 Å². The van der Waals surface area contributed by atoms with E-state index in [1.54, 1.807) is 18.2 Å². The Morgan fingerprint density at radius 2 is 1.89 bits per heavy atom. The number of anilines is 2. The summed E-state index contributed by atoms with van der Waals surface area (Å²) in [7, 11) is -2.60. The number of sulfonamides is 1. The van der Waals surface area contributed by atoms with Gasteiger partial charge in [-0.05, 0) is 30.3 Å². The molecule has 0 saturated heterocycles. The molecule has 0 bridgehead atoms. The van der Waals surface area contributed by atoms with Crippen molar-refractivity contribution in [3.05, 3.63) is 59.7 Å². The van der Waals surface area contributed by atoms with Crippen LogP contribution in [-0.2, 0) is 19.6 Å². The molecular formula is C18H17N3O5S. The number of esters is 1. The average Bonchev–Trinajstić information content (AvgIpc) is 2.65. The summed E-state index contributed by atoms with van der Waals surface area (Å²) in [5, 5.41) is 11.6. The van der Waals surface area contributed by atoms with Crippen LogP contribution in [0, 0.1) is 11.3 Å². The number of methoxy groups -OCH3 is 1. The number of carbonyl (C=O) groups excluding carboxylic acids is 2. The molecular weight excluding hydrogens is 370 g/mol. The highest BCUT2D eigenvalue weighted by atomic mass is 32.2. The molecule has 140 valence electrons. The maximum atomic E-state index is 12.4. The largest absolute Gasteiger partial charge is 0.465 e. The lowest BCUT2D eigenvalue weighted by molar-refractivity contribution is -0.114. The second-order valence-corrected chi connectivity index (χ2v) is 7.42. The van der Waals surface area contributed by atoms with E-state index in [1.807, 2.05) is 6.07 Å². The Labute approximate surface area is 157 Å². The summed E-state index contributed by atoms with van der Waals surface area (Å²) >= 11 is 0. The maximum absolute atomic E-state index is 12.4. The van der Waals surface area contributed by atoms with Gasteiger partial charge in [-0.3, -0.25) is 9.10 Å². The van der Waals surface area contributed by atoms with E-state index >= 15 is 0 Å². The third-order valence-electron chi connectivity index (χ3n) is 3.56. The lowest BCUT2D eigenvalue weighted by Crippen LogP contribution is -2.37. The van der Waals surface area contributed by atoms with Crippen LogP contribution in [0.5, 0.6) is 0 Å². The summed E-state index contributed by atoms with van der Waals surface area (Å²) in [4.78, 5) is 24.0. The number of nitrogens with one attached hydrogen (secondary N) is 1. The monoisotopic (exact) mass is 387 g/mol. The number of hydrogen-bond donors (Lipinski definition) is 1. The van der Waals surface area contributed by atoms with E-state index in [2.05, 4.69) is 10.1 Å². The van der Waals surface area contributed by atoms with Gasteiger partial charge in [-0.2, -0.15) is 5.26 Å². The molecule has 0 radical (unpaired) electrons. The maximum Gasteiger partial charge on any atom is 0.337 e. The van der Waals surface area contributed by atoms with Gasteiger partial charge in [0, 0.05) is 0 Å². The van der Waals surface area contributed by atoms with Gasteiger partial charge < -0.3 is 10.1 Å². The van der Waals surface area contributed by atoms with E-state index in [0.29, 0.717) is 0 Å². The molecule has 0 fully saturated rings. The fourth-order valence-corrected chi connectivity index (χ4v) is 3.16. The molecule has 0 aromatic heterocycles. The molecule has 27 heavy (non-hydrogen) atoms. The highest BCUT2D eigenvalue weighted by Crippen LogP contribution is 2.20. The van der Waals surface area contributed by atoms with Crippen LogP contribution >= 0.6 is 0 Å². The van der Waals surface area contributed by atoms with Crippen LogP contribution in [0.2, 0.25) is 0 Å². The highest BCUT2D eigenvalue weighted by molar-refractivity contribution is 7.92. The average molecular weight is 387 g/mol. The summed E-state index contributed by atoms with van der Waals surface area (Å²) in [6.07, 6.45) is 0.953. The van der Waals surface area contributed by atoms with Crippen molar-refractivity contribution in [2.75, 3.05) is 29.5 Å². The summed E-state index contributed by atoms with van der Waals surface area (Å²) in [5.41, 5.74) is 0.828. The van der Waals surface area contributed by atoms with Crippen molar-refractivity contribution in [2.45, 2.75) is 0 Å². The van der Waals surface area contributed by atoms with Gasteiger partial charge in [0.05, 0.1) is 35.9 Å². The van der Waals surface area contributed by atoms with Crippen LogP contribution in [0.25, 0.3) is 0 Å². The molecule has 0 heterocycles. The molecule has 2 aromatic rings. The minimum atomic E-state index is -3.81. The SMILES string of the molecule is COC(=O)c1cccc(N(CC(=O)Nc2ccccc2C#N)S(C)(=O)=O)c1. The first-order valence-electron chi connectivity index (χ1n) is 7.71. The van der Waals surface area contributed by atoms with Crippen LogP contribution in [0.4, 0.5) is 11.4 Å². The molecule has 2 aromatic carbocycles. The van der Waals surface area contributed by atoms with E-state index in [4.69, 9.17) is 5.26 Å². The van der Waals surface area contributed by atoms with Crippen LogP contribution in [0.3, 0.4) is 0 Å². The van der Waals surface area contributed by atoms with Gasteiger partial charge >= 0.3 is 5.97 Å². The first-order chi connectivity index (χ1) is 12.8. The molecule has 0 aliphatic rings. The molecule has 2 rings (SSSR count). The van der Waals surface area contributed by atoms with Crippen LogP contribution < -0.4 is 9.62 Å². The third-order valence-corrected chi connectivity index (χ3v) is 4.70. The number of amides is 1. The lowest BCUT2D eigenvalue weighted by atomic mass is 10.2. The van der Waals surface area contributed by atoms with Crippen molar-refractivity contribution in [3.63, 3.8) is 0 Å². The fraction of sp³-hybridized carbons (Fsp3) is 0.167. The van der Waals surface area contributed by atoms with Gasteiger partial charge in [0.2, 0.25) is 15.9 Å². The summed E-state index contributed by atoms with van der Waals surface area (Å²) < 4.78 is 29.8. The van der Waals surface area contributed by atoms with E-state index in [9.17, 15) is 18.0 Å². The predicted molar refractivity (Wildman–Crippen MR) is 99.8 cm³/mol. The van der Waals surface area contributed by atoms with Crippen molar-refractivity contribution < 1.29 is 22.7 Å². The molecule has 1 amide bonds. The van der Waals surface area contributed by atoms with Crippen LogP contribution in [0.1, 0.15) is 15.9 Å². The quantitative estimate of drug-likeness (QED) is 0.755. The highest BCUT2D eigenvalue weighted by Gasteiger charge is 2.22. The van der Waals surface area contributed by atoms with Crippen molar-refractivity contribution >= 4 is 33.3 Å². The number of ether oxygens (including phenoxy) is 1. The zero-order valence-corrected chi connectivity index (χ0v) is 15.5. The number of nitrogens with zero attached hydrogens (tertiary/aromatic N) is 2. The summed E-state index contributed by atoms with van der Waals surface area (Å²) in [6, 6.07) is 14.1. The molecule has 0 aliphatic heterocycles. The Balaban J connectivity index is 2.30. The number of carbonyl (C=O) groups is 2. The zero-order valence-electron chi connectivity index (χ0n) is 14.7. The molecule has 8 nitrogen and oxygen atoms in total. The minimum Gasteiger partial charge on any atom is -0.465 e. The molecule has 9 heteroatoms. The molecule has 0 atom stereocenters. The van der Waals surface area contributed by atoms with Gasteiger partial charge in [-0.1, -0.05) is 18.2 Å². The topological polar surface area (TPSA) is 117 Å². The predicted octanol–water partition coefficient (Wildman–Crippen LogP) is 1.75. The third kappa shape index (κ3) is 5.05. The number of hydrogen-bond acceptors (Lipinski definition) is 6. The molecule has 0 saturated carbocycles. The van der Waals surface area contributed by atoms with Gasteiger partial charge in [0.15, 0.2) is 0 Å². The van der Waals surface area contributed by atoms with E-state index in [-0.39, 0.29) is 22.5 Å². The van der Waals surface area contributed by atoms with Crippen molar-refractivity contribution in [2.24, 2.45) is 0 Å². The molecule has 0 unspecified atom stereocenters. The Morgan fingerprint density at radius 3 is 2.52 bits per heavy atom. The standard InChI is InChI=1S/C18H17N3O5S/c1-26-18(23)13-7-5-8-15(10-13)21(27(2,24)25)12-17(22)20-16-9-4-3-6-14(16)11-19/h3-10H,12H2,1-2H3,(H,20,22). The molecule has 1 N–H and O–H groups in total. The van der Waals surface area contributed by atoms with E-state index < -0.39 is 28.4 Å². The first kappa shape index (κ1) is 19.9. The number of nitriles is 1. The number of para-hydroxylation sites is 1. The van der Waals surface area contributed by atoms with E-state index in [1.165, 1.54) is 37.4 Å². The van der Waals surface area contributed by atoms with Gasteiger partial charge in [-0.15, -0.1) is 0 Å². The Bertz CT molecular complexity index is 1010. The van der Waals surface area contributed by atoms with Gasteiger partial charge in [0.25, 0.3) is 0 Å². The Hall–Kier alpha value is -3.38. The number of rotatable bonds is 6. The molecule has 0 spiro atoms. The molecule has 0 aliphatic carbocycles. The summed E-state index contributed by atoms with van der Waals surface area (Å²) in [6.45, 7) is -0.525. The second kappa shape index (κ2) is 8.33. The lowest BCUT2D eigenvalue weighted by Gasteiger charge is -2.22. The van der Waals surface area contributed by atoms with Gasteiger partial charge in [-0.25, -0.2) is 13.2 Å². The summed E-state index contributed by atoms with van der Waals surface area (Å²) in [5.74, 6) is -1.26. The fourth-order valence-electron chi connectivity index (χ4n) is 2.32. The smallest absolute Gasteiger partial charge is 0.337 e. The Morgan fingerprint density at radius 1 is 1.19 bits per heavy atom. The van der Waals surface area contributed by atoms with Crippen LogP contribution in [-0.4, -0.2) is 40.2 Å². The number of benzene rings is 2.